The minimum atomic E-state index is -0.659. The predicted molar refractivity (Wildman–Crippen MR) is 96.7 cm³/mol. The third-order valence-corrected chi connectivity index (χ3v) is 4.89. The first-order valence-electron chi connectivity index (χ1n) is 9.20. The van der Waals surface area contributed by atoms with Crippen molar-refractivity contribution in [2.24, 2.45) is 0 Å². The van der Waals surface area contributed by atoms with Gasteiger partial charge in [0.15, 0.2) is 0 Å². The van der Waals surface area contributed by atoms with Crippen LogP contribution in [-0.2, 0) is 25.7 Å². The van der Waals surface area contributed by atoms with E-state index in [-0.39, 0.29) is 18.4 Å². The Balaban J connectivity index is 1.48. The van der Waals surface area contributed by atoms with Crippen molar-refractivity contribution in [3.8, 4) is 0 Å². The van der Waals surface area contributed by atoms with E-state index in [0.29, 0.717) is 39.3 Å². The van der Waals surface area contributed by atoms with Crippen molar-refractivity contribution >= 4 is 17.9 Å². The van der Waals surface area contributed by atoms with Crippen LogP contribution in [0.5, 0.6) is 0 Å². The van der Waals surface area contributed by atoms with E-state index in [1.165, 1.54) is 4.90 Å². The van der Waals surface area contributed by atoms with E-state index >= 15 is 0 Å². The molecule has 2 aliphatic rings. The second-order valence-corrected chi connectivity index (χ2v) is 6.69. The average molecular weight is 375 g/mol. The topological polar surface area (TPSA) is 88.2 Å². The Morgan fingerprint density at radius 1 is 1.22 bits per heavy atom. The quantitative estimate of drug-likeness (QED) is 0.821. The summed E-state index contributed by atoms with van der Waals surface area (Å²) in [6, 6.07) is 8.11. The van der Waals surface area contributed by atoms with Gasteiger partial charge >= 0.3 is 6.09 Å². The van der Waals surface area contributed by atoms with Crippen LogP contribution in [0.15, 0.2) is 30.3 Å². The van der Waals surface area contributed by atoms with Crippen LogP contribution >= 0.6 is 0 Å². The van der Waals surface area contributed by atoms with Crippen molar-refractivity contribution in [2.45, 2.75) is 32.0 Å². The van der Waals surface area contributed by atoms with Crippen LogP contribution in [0, 0.1) is 0 Å². The fraction of sp³-hybridized carbons (Fsp3) is 0.526. The molecule has 146 valence electrons. The van der Waals surface area contributed by atoms with Gasteiger partial charge in [-0.3, -0.25) is 9.59 Å². The molecule has 3 rings (SSSR count). The first-order chi connectivity index (χ1) is 13.1. The van der Waals surface area contributed by atoms with E-state index in [2.05, 4.69) is 5.32 Å². The Bertz CT molecular complexity index is 675. The number of nitrogens with zero attached hydrogens (tertiary/aromatic N) is 2. The fourth-order valence-corrected chi connectivity index (χ4v) is 3.31. The van der Waals surface area contributed by atoms with Gasteiger partial charge in [0.1, 0.15) is 18.7 Å². The van der Waals surface area contributed by atoms with Gasteiger partial charge in [-0.1, -0.05) is 30.3 Å². The summed E-state index contributed by atoms with van der Waals surface area (Å²) >= 11 is 0. The summed E-state index contributed by atoms with van der Waals surface area (Å²) in [7, 11) is 0. The highest BCUT2D eigenvalue weighted by Crippen LogP contribution is 2.17. The number of alkyl carbamates (subject to hydrolysis) is 1. The van der Waals surface area contributed by atoms with Gasteiger partial charge in [0.2, 0.25) is 11.8 Å². The molecule has 2 atom stereocenters. The normalized spacial score (nSPS) is 21.1. The van der Waals surface area contributed by atoms with Gasteiger partial charge in [0.05, 0.1) is 13.2 Å². The number of nitrogens with one attached hydrogen (secondary N) is 1. The summed E-state index contributed by atoms with van der Waals surface area (Å²) in [5.74, 6) is -0.334. The summed E-state index contributed by atoms with van der Waals surface area (Å²) in [5, 5.41) is 2.60. The molecular formula is C19H25N3O5. The molecular weight excluding hydrogens is 350 g/mol. The summed E-state index contributed by atoms with van der Waals surface area (Å²) in [4.78, 5) is 40.4. The second kappa shape index (κ2) is 8.85. The molecule has 2 aliphatic heterocycles. The highest BCUT2D eigenvalue weighted by Gasteiger charge is 2.39. The second-order valence-electron chi connectivity index (χ2n) is 6.69. The first kappa shape index (κ1) is 19.2. The lowest BCUT2D eigenvalue weighted by Gasteiger charge is -2.32. The Morgan fingerprint density at radius 3 is 2.63 bits per heavy atom. The van der Waals surface area contributed by atoms with E-state index in [4.69, 9.17) is 9.47 Å². The molecule has 2 fully saturated rings. The summed E-state index contributed by atoms with van der Waals surface area (Å²) in [6.45, 7) is 4.42. The number of likely N-dealkylation sites (tertiary alicyclic amines) is 1. The van der Waals surface area contributed by atoms with Gasteiger partial charge in [-0.2, -0.15) is 0 Å². The highest BCUT2D eigenvalue weighted by atomic mass is 16.5. The monoisotopic (exact) mass is 375 g/mol. The molecule has 3 amide bonds. The number of carbonyl (C=O) groups is 3. The maximum absolute atomic E-state index is 12.6. The van der Waals surface area contributed by atoms with Crippen molar-refractivity contribution in [1.82, 2.24) is 15.1 Å². The van der Waals surface area contributed by atoms with Gasteiger partial charge in [-0.25, -0.2) is 4.79 Å². The zero-order valence-electron chi connectivity index (χ0n) is 15.4. The van der Waals surface area contributed by atoms with Crippen molar-refractivity contribution in [2.75, 3.05) is 32.8 Å². The molecule has 0 saturated carbocycles. The number of benzene rings is 1. The lowest BCUT2D eigenvalue weighted by Crippen LogP contribution is -2.52. The molecule has 0 spiro atoms. The molecule has 1 N–H and O–H groups in total. The van der Waals surface area contributed by atoms with Crippen LogP contribution in [0.3, 0.4) is 0 Å². The zero-order valence-corrected chi connectivity index (χ0v) is 15.4. The van der Waals surface area contributed by atoms with Gasteiger partial charge in [0.25, 0.3) is 0 Å². The number of hydrogen-bond acceptors (Lipinski definition) is 5. The van der Waals surface area contributed by atoms with E-state index in [9.17, 15) is 14.4 Å². The van der Waals surface area contributed by atoms with Crippen LogP contribution < -0.4 is 5.32 Å². The Kier molecular flexibility index (Phi) is 6.28. The van der Waals surface area contributed by atoms with Crippen LogP contribution in [0.2, 0.25) is 0 Å². The largest absolute Gasteiger partial charge is 0.445 e. The molecule has 2 heterocycles. The molecule has 8 nitrogen and oxygen atoms in total. The molecule has 0 aliphatic carbocycles. The Labute approximate surface area is 158 Å². The number of rotatable bonds is 5. The van der Waals surface area contributed by atoms with E-state index in [0.717, 1.165) is 5.56 Å². The predicted octanol–water partition coefficient (Wildman–Crippen LogP) is 0.761. The van der Waals surface area contributed by atoms with Crippen LogP contribution in [0.4, 0.5) is 4.79 Å². The summed E-state index contributed by atoms with van der Waals surface area (Å²) < 4.78 is 10.4. The van der Waals surface area contributed by atoms with Crippen LogP contribution in [0.25, 0.3) is 0 Å². The van der Waals surface area contributed by atoms with Gasteiger partial charge in [0, 0.05) is 19.6 Å². The number of ether oxygens (including phenoxy) is 2. The van der Waals surface area contributed by atoms with Gasteiger partial charge in [-0.15, -0.1) is 0 Å². The third-order valence-electron chi connectivity index (χ3n) is 4.89. The summed E-state index contributed by atoms with van der Waals surface area (Å²) in [5.41, 5.74) is 0.872. The minimum Gasteiger partial charge on any atom is -0.445 e. The molecule has 27 heavy (non-hydrogen) atoms. The minimum absolute atomic E-state index is 0.0843. The van der Waals surface area contributed by atoms with Crippen molar-refractivity contribution in [3.05, 3.63) is 35.9 Å². The van der Waals surface area contributed by atoms with Crippen molar-refractivity contribution in [1.29, 1.82) is 0 Å². The first-order valence-corrected chi connectivity index (χ1v) is 9.20. The van der Waals surface area contributed by atoms with E-state index in [1.54, 1.807) is 11.8 Å². The average Bonchev–Trinajstić information content (AvgIpc) is 3.07. The van der Waals surface area contributed by atoms with Crippen molar-refractivity contribution < 1.29 is 23.9 Å². The molecule has 0 aromatic heterocycles. The standard InChI is InChI=1S/C19H25N3O5/c1-14(17(23)21-9-11-26-12-10-21)22-8-7-16(18(22)24)20-19(25)27-13-15-5-3-2-4-6-15/h2-6,14,16H,7-13H2,1H3,(H,20,25)/t14-,16-/m0/s1. The Morgan fingerprint density at radius 2 is 1.93 bits per heavy atom. The number of morpholine rings is 1. The van der Waals surface area contributed by atoms with Crippen LogP contribution in [0.1, 0.15) is 18.9 Å². The molecule has 1 aromatic carbocycles. The number of amides is 3. The molecule has 8 heteroatoms. The lowest BCUT2D eigenvalue weighted by molar-refractivity contribution is -0.146. The third kappa shape index (κ3) is 4.77. The molecule has 0 radical (unpaired) electrons. The molecule has 0 unspecified atom stereocenters. The van der Waals surface area contributed by atoms with Crippen molar-refractivity contribution in [3.63, 3.8) is 0 Å². The SMILES string of the molecule is C[C@@H](C(=O)N1CCOCC1)N1CC[C@H](NC(=O)OCc2ccccc2)C1=O. The maximum atomic E-state index is 12.6. The lowest BCUT2D eigenvalue weighted by atomic mass is 10.2. The number of carbonyl (C=O) groups excluding carboxylic acids is 3. The zero-order chi connectivity index (χ0) is 19.2. The Hall–Kier alpha value is -2.61. The molecule has 0 bridgehead atoms. The van der Waals surface area contributed by atoms with Crippen LogP contribution in [-0.4, -0.2) is 72.6 Å². The molecule has 1 aromatic rings. The maximum Gasteiger partial charge on any atom is 0.408 e. The number of hydrogen-bond donors (Lipinski definition) is 1. The van der Waals surface area contributed by atoms with Gasteiger partial charge < -0.3 is 24.6 Å². The fourth-order valence-electron chi connectivity index (χ4n) is 3.31. The van der Waals surface area contributed by atoms with E-state index in [1.807, 2.05) is 30.3 Å². The van der Waals surface area contributed by atoms with Gasteiger partial charge in [-0.05, 0) is 18.9 Å². The molecule has 2 saturated heterocycles. The van der Waals surface area contributed by atoms with E-state index < -0.39 is 18.2 Å². The highest BCUT2D eigenvalue weighted by molar-refractivity contribution is 5.92. The summed E-state index contributed by atoms with van der Waals surface area (Å²) in [6.07, 6.45) is -0.175. The smallest absolute Gasteiger partial charge is 0.408 e.